The first-order valence-electron chi connectivity index (χ1n) is 4.76. The monoisotopic (exact) mass is 217 g/mol. The van der Waals surface area contributed by atoms with Gasteiger partial charge in [-0.2, -0.15) is 0 Å². The molecule has 0 unspecified atom stereocenters. The Bertz CT molecular complexity index is 522. The van der Waals surface area contributed by atoms with E-state index in [4.69, 9.17) is 5.73 Å². The van der Waals surface area contributed by atoms with Crippen molar-refractivity contribution in [3.63, 3.8) is 0 Å². The van der Waals surface area contributed by atoms with Crippen LogP contribution in [-0.2, 0) is 6.54 Å². The van der Waals surface area contributed by atoms with Crippen molar-refractivity contribution in [2.24, 2.45) is 0 Å². The zero-order valence-corrected chi connectivity index (χ0v) is 8.47. The number of nitrogens with one attached hydrogen (secondary N) is 2. The van der Waals surface area contributed by atoms with Crippen LogP contribution in [0.25, 0.3) is 0 Å². The summed E-state index contributed by atoms with van der Waals surface area (Å²) < 4.78 is 0. The predicted molar refractivity (Wildman–Crippen MR) is 60.8 cm³/mol. The molecule has 82 valence electrons. The molecule has 1 aromatic carbocycles. The number of aromatic amines is 1. The number of benzene rings is 1. The molecule has 0 amide bonds. The minimum absolute atomic E-state index is 0.134. The summed E-state index contributed by atoms with van der Waals surface area (Å²) in [5.74, 6) is 0.174. The number of anilines is 2. The number of nitrogen functional groups attached to an aromatic ring is 1. The van der Waals surface area contributed by atoms with Crippen molar-refractivity contribution in [3.05, 3.63) is 46.2 Å². The second kappa shape index (κ2) is 4.43. The maximum Gasteiger partial charge on any atom is 0.295 e. The van der Waals surface area contributed by atoms with Crippen LogP contribution in [0.3, 0.4) is 0 Å². The molecule has 2 rings (SSSR count). The highest BCUT2D eigenvalue weighted by atomic mass is 16.1. The van der Waals surface area contributed by atoms with Crippen molar-refractivity contribution >= 4 is 11.8 Å². The standard InChI is InChI=1S/C10H11N5O/c11-8-9(16)13-10(15-14-8)12-6-7-4-2-1-3-5-7/h1-5H,6H2,(H2,11,14)(H2,12,13,15,16). The Labute approximate surface area is 91.5 Å². The molecule has 2 aromatic rings. The maximum absolute atomic E-state index is 11.1. The van der Waals surface area contributed by atoms with Crippen molar-refractivity contribution < 1.29 is 0 Å². The summed E-state index contributed by atoms with van der Waals surface area (Å²) >= 11 is 0. The van der Waals surface area contributed by atoms with Crippen LogP contribution >= 0.6 is 0 Å². The average molecular weight is 217 g/mol. The Morgan fingerprint density at radius 3 is 2.69 bits per heavy atom. The molecule has 0 atom stereocenters. The molecule has 0 saturated carbocycles. The van der Waals surface area contributed by atoms with Gasteiger partial charge in [0, 0.05) is 6.54 Å². The van der Waals surface area contributed by atoms with Crippen LogP contribution in [0.5, 0.6) is 0 Å². The minimum Gasteiger partial charge on any atom is -0.378 e. The van der Waals surface area contributed by atoms with Gasteiger partial charge in [-0.1, -0.05) is 30.3 Å². The van der Waals surface area contributed by atoms with E-state index in [0.29, 0.717) is 12.5 Å². The third-order valence-electron chi connectivity index (χ3n) is 2.03. The highest BCUT2D eigenvalue weighted by Gasteiger charge is 1.99. The molecule has 0 aliphatic rings. The first kappa shape index (κ1) is 10.2. The van der Waals surface area contributed by atoms with Gasteiger partial charge in [-0.3, -0.25) is 9.78 Å². The van der Waals surface area contributed by atoms with Gasteiger partial charge in [-0.05, 0) is 5.56 Å². The Balaban J connectivity index is 2.05. The summed E-state index contributed by atoms with van der Waals surface area (Å²) in [6, 6.07) is 9.75. The number of hydrogen-bond donors (Lipinski definition) is 3. The van der Waals surface area contributed by atoms with Gasteiger partial charge >= 0.3 is 0 Å². The summed E-state index contributed by atoms with van der Waals surface area (Å²) in [6.45, 7) is 0.565. The molecule has 0 spiro atoms. The topological polar surface area (TPSA) is 96.7 Å². The number of nitrogens with zero attached hydrogens (tertiary/aromatic N) is 2. The number of rotatable bonds is 3. The van der Waals surface area contributed by atoms with Crippen molar-refractivity contribution in [3.8, 4) is 0 Å². The molecule has 1 heterocycles. The largest absolute Gasteiger partial charge is 0.378 e. The van der Waals surface area contributed by atoms with E-state index in [-0.39, 0.29) is 5.82 Å². The first-order valence-corrected chi connectivity index (χ1v) is 4.76. The third-order valence-corrected chi connectivity index (χ3v) is 2.03. The van der Waals surface area contributed by atoms with Gasteiger partial charge in [0.1, 0.15) is 0 Å². The van der Waals surface area contributed by atoms with E-state index in [1.807, 2.05) is 30.3 Å². The van der Waals surface area contributed by atoms with Crippen LogP contribution in [0.1, 0.15) is 5.56 Å². The third kappa shape index (κ3) is 2.35. The zero-order chi connectivity index (χ0) is 11.4. The second-order valence-electron chi connectivity index (χ2n) is 3.23. The fourth-order valence-corrected chi connectivity index (χ4v) is 1.21. The van der Waals surface area contributed by atoms with Gasteiger partial charge < -0.3 is 11.1 Å². The molecule has 0 bridgehead atoms. The molecule has 0 fully saturated rings. The Hall–Kier alpha value is -2.37. The van der Waals surface area contributed by atoms with Crippen molar-refractivity contribution in [1.29, 1.82) is 0 Å². The first-order chi connectivity index (χ1) is 7.75. The van der Waals surface area contributed by atoms with Gasteiger partial charge in [0.05, 0.1) is 0 Å². The molecular weight excluding hydrogens is 206 g/mol. The highest BCUT2D eigenvalue weighted by molar-refractivity contribution is 5.30. The number of hydrogen-bond acceptors (Lipinski definition) is 5. The summed E-state index contributed by atoms with van der Waals surface area (Å²) in [4.78, 5) is 13.6. The van der Waals surface area contributed by atoms with E-state index < -0.39 is 5.56 Å². The summed E-state index contributed by atoms with van der Waals surface area (Å²) in [5, 5.41) is 10.2. The van der Waals surface area contributed by atoms with Gasteiger partial charge in [-0.15, -0.1) is 10.2 Å². The molecule has 1 aromatic heterocycles. The minimum atomic E-state index is -0.439. The number of H-pyrrole nitrogens is 1. The lowest BCUT2D eigenvalue weighted by Gasteiger charge is -2.04. The van der Waals surface area contributed by atoms with E-state index in [1.165, 1.54) is 0 Å². The Kier molecular flexibility index (Phi) is 2.81. The van der Waals surface area contributed by atoms with Crippen LogP contribution in [-0.4, -0.2) is 15.2 Å². The molecule has 0 saturated heterocycles. The van der Waals surface area contributed by atoms with E-state index in [0.717, 1.165) is 5.56 Å². The van der Waals surface area contributed by atoms with Crippen molar-refractivity contribution in [2.45, 2.75) is 6.54 Å². The maximum atomic E-state index is 11.1. The molecule has 0 aliphatic heterocycles. The van der Waals surface area contributed by atoms with Crippen LogP contribution in [0.4, 0.5) is 11.8 Å². The lowest BCUT2D eigenvalue weighted by molar-refractivity contribution is 0.935. The smallest absolute Gasteiger partial charge is 0.295 e. The average Bonchev–Trinajstić information content (AvgIpc) is 2.32. The fourth-order valence-electron chi connectivity index (χ4n) is 1.21. The van der Waals surface area contributed by atoms with Gasteiger partial charge in [0.15, 0.2) is 0 Å². The number of nitrogens with two attached hydrogens (primary N) is 1. The molecule has 6 heteroatoms. The quantitative estimate of drug-likeness (QED) is 0.689. The van der Waals surface area contributed by atoms with Crippen LogP contribution < -0.4 is 16.6 Å². The van der Waals surface area contributed by atoms with Crippen molar-refractivity contribution in [1.82, 2.24) is 15.2 Å². The second-order valence-corrected chi connectivity index (χ2v) is 3.23. The zero-order valence-electron chi connectivity index (χ0n) is 8.47. The SMILES string of the molecule is Nc1nnc(NCc2ccccc2)[nH]c1=O. The number of aromatic nitrogens is 3. The van der Waals surface area contributed by atoms with Crippen molar-refractivity contribution in [2.75, 3.05) is 11.1 Å². The molecule has 0 radical (unpaired) electrons. The summed E-state index contributed by atoms with van der Waals surface area (Å²) in [5.41, 5.74) is 5.90. The molecule has 6 nitrogen and oxygen atoms in total. The summed E-state index contributed by atoms with van der Waals surface area (Å²) in [7, 11) is 0. The van der Waals surface area contributed by atoms with Gasteiger partial charge in [0.2, 0.25) is 11.8 Å². The Morgan fingerprint density at radius 2 is 2.00 bits per heavy atom. The van der Waals surface area contributed by atoms with Gasteiger partial charge in [-0.25, -0.2) is 0 Å². The lowest BCUT2D eigenvalue weighted by Crippen LogP contribution is -2.18. The van der Waals surface area contributed by atoms with Crippen LogP contribution in [0.2, 0.25) is 0 Å². The highest BCUT2D eigenvalue weighted by Crippen LogP contribution is 2.01. The lowest BCUT2D eigenvalue weighted by atomic mass is 10.2. The fraction of sp³-hybridized carbons (Fsp3) is 0.100. The predicted octanol–water partition coefficient (Wildman–Crippen LogP) is 0.359. The van der Waals surface area contributed by atoms with E-state index in [1.54, 1.807) is 0 Å². The molecular formula is C10H11N5O. The van der Waals surface area contributed by atoms with E-state index in [9.17, 15) is 4.79 Å². The van der Waals surface area contributed by atoms with Gasteiger partial charge in [0.25, 0.3) is 5.56 Å². The van der Waals surface area contributed by atoms with E-state index in [2.05, 4.69) is 20.5 Å². The molecule has 16 heavy (non-hydrogen) atoms. The van der Waals surface area contributed by atoms with E-state index >= 15 is 0 Å². The molecule has 0 aliphatic carbocycles. The molecule has 4 N–H and O–H groups in total. The Morgan fingerprint density at radius 1 is 1.25 bits per heavy atom. The summed E-state index contributed by atoms with van der Waals surface area (Å²) in [6.07, 6.45) is 0. The normalized spacial score (nSPS) is 10.0. The van der Waals surface area contributed by atoms with Crippen LogP contribution in [0.15, 0.2) is 35.1 Å². The van der Waals surface area contributed by atoms with Crippen LogP contribution in [0, 0.1) is 0 Å².